The minimum Gasteiger partial charge on any atom is -0.310 e. The quantitative estimate of drug-likeness (QED) is 0.694. The number of thiophene rings is 1. The Morgan fingerprint density at radius 1 is 1.25 bits per heavy atom. The number of aryl methyl sites for hydroxylation is 2. The van der Waals surface area contributed by atoms with Gasteiger partial charge in [-0.05, 0) is 65.9 Å². The van der Waals surface area contributed by atoms with Gasteiger partial charge in [0, 0.05) is 10.9 Å². The summed E-state index contributed by atoms with van der Waals surface area (Å²) in [4.78, 5) is 1.45. The maximum atomic E-state index is 3.63. The Bertz CT molecular complexity index is 502. The lowest BCUT2D eigenvalue weighted by molar-refractivity contribution is 0.505. The average Bonchev–Trinajstić information content (AvgIpc) is 2.79. The van der Waals surface area contributed by atoms with E-state index < -0.39 is 0 Å². The van der Waals surface area contributed by atoms with Crippen molar-refractivity contribution in [2.24, 2.45) is 0 Å². The predicted molar refractivity (Wildman–Crippen MR) is 92.6 cm³/mol. The highest BCUT2D eigenvalue weighted by Gasteiger charge is 2.14. The second-order valence-electron chi connectivity index (χ2n) is 5.09. The van der Waals surface area contributed by atoms with Crippen LogP contribution < -0.4 is 5.32 Å². The summed E-state index contributed by atoms with van der Waals surface area (Å²) in [5.41, 5.74) is 2.78. The van der Waals surface area contributed by atoms with Gasteiger partial charge in [0.1, 0.15) is 0 Å². The molecule has 2 aromatic rings. The first kappa shape index (κ1) is 15.7. The molecule has 3 heteroatoms. The first-order chi connectivity index (χ1) is 9.70. The summed E-state index contributed by atoms with van der Waals surface area (Å²) in [5.74, 6) is 0. The van der Waals surface area contributed by atoms with E-state index in [4.69, 9.17) is 0 Å². The van der Waals surface area contributed by atoms with Crippen LogP contribution in [0.5, 0.6) is 0 Å². The maximum absolute atomic E-state index is 3.63. The standard InChI is InChI=1S/C17H22BrNS/c1-3-19-15(16-12-13(2)17(18)20-16)11-7-10-14-8-5-4-6-9-14/h4-6,8-9,12,15,19H,3,7,10-11H2,1-2H3. The van der Waals surface area contributed by atoms with Gasteiger partial charge in [-0.3, -0.25) is 0 Å². The van der Waals surface area contributed by atoms with Crippen molar-refractivity contribution in [3.8, 4) is 0 Å². The summed E-state index contributed by atoms with van der Waals surface area (Å²) in [5, 5.41) is 3.62. The zero-order valence-corrected chi connectivity index (χ0v) is 14.6. The van der Waals surface area contributed by atoms with Gasteiger partial charge in [-0.15, -0.1) is 11.3 Å². The molecule has 0 saturated heterocycles. The number of rotatable bonds is 7. The molecule has 108 valence electrons. The lowest BCUT2D eigenvalue weighted by Gasteiger charge is -2.16. The van der Waals surface area contributed by atoms with E-state index in [1.54, 1.807) is 0 Å². The fourth-order valence-corrected chi connectivity index (χ4v) is 4.08. The van der Waals surface area contributed by atoms with Crippen LogP contribution in [0.3, 0.4) is 0 Å². The Morgan fingerprint density at radius 2 is 2.00 bits per heavy atom. The Labute approximate surface area is 134 Å². The highest BCUT2D eigenvalue weighted by Crippen LogP contribution is 2.33. The fourth-order valence-electron chi connectivity index (χ4n) is 2.40. The molecule has 1 atom stereocenters. The summed E-state index contributed by atoms with van der Waals surface area (Å²) >= 11 is 5.49. The molecule has 0 radical (unpaired) electrons. The number of hydrogen-bond donors (Lipinski definition) is 1. The Hall–Kier alpha value is -0.640. The van der Waals surface area contributed by atoms with E-state index in [-0.39, 0.29) is 0 Å². The molecular weight excluding hydrogens is 330 g/mol. The number of hydrogen-bond acceptors (Lipinski definition) is 2. The molecule has 1 nitrogen and oxygen atoms in total. The lowest BCUT2D eigenvalue weighted by Crippen LogP contribution is -2.20. The first-order valence-electron chi connectivity index (χ1n) is 7.24. The van der Waals surface area contributed by atoms with Gasteiger partial charge in [0.2, 0.25) is 0 Å². The van der Waals surface area contributed by atoms with Crippen molar-refractivity contribution in [2.45, 2.75) is 39.2 Å². The van der Waals surface area contributed by atoms with E-state index in [2.05, 4.69) is 71.5 Å². The molecule has 1 aromatic carbocycles. The van der Waals surface area contributed by atoms with Crippen LogP contribution >= 0.6 is 27.3 Å². The summed E-state index contributed by atoms with van der Waals surface area (Å²) in [7, 11) is 0. The largest absolute Gasteiger partial charge is 0.310 e. The first-order valence-corrected chi connectivity index (χ1v) is 8.84. The molecule has 0 fully saturated rings. The van der Waals surface area contributed by atoms with E-state index in [1.165, 1.54) is 32.6 Å². The molecule has 1 aromatic heterocycles. The molecule has 0 aliphatic rings. The van der Waals surface area contributed by atoms with Crippen LogP contribution in [0.15, 0.2) is 40.2 Å². The Balaban J connectivity index is 1.92. The zero-order valence-electron chi connectivity index (χ0n) is 12.2. The van der Waals surface area contributed by atoms with E-state index in [1.807, 2.05) is 11.3 Å². The molecule has 0 saturated carbocycles. The second-order valence-corrected chi connectivity index (χ2v) is 7.50. The van der Waals surface area contributed by atoms with Crippen molar-refractivity contribution < 1.29 is 0 Å². The van der Waals surface area contributed by atoms with Crippen molar-refractivity contribution in [3.63, 3.8) is 0 Å². The molecule has 0 aliphatic carbocycles. The van der Waals surface area contributed by atoms with Gasteiger partial charge in [-0.2, -0.15) is 0 Å². The van der Waals surface area contributed by atoms with Crippen LogP contribution in [0.4, 0.5) is 0 Å². The van der Waals surface area contributed by atoms with Gasteiger partial charge >= 0.3 is 0 Å². The van der Waals surface area contributed by atoms with Crippen LogP contribution in [0.2, 0.25) is 0 Å². The molecule has 1 N–H and O–H groups in total. The normalized spacial score (nSPS) is 12.6. The summed E-state index contributed by atoms with van der Waals surface area (Å²) in [6.07, 6.45) is 3.57. The molecule has 1 heterocycles. The smallest absolute Gasteiger partial charge is 0.0731 e. The fraction of sp³-hybridized carbons (Fsp3) is 0.412. The lowest BCUT2D eigenvalue weighted by atomic mass is 10.0. The van der Waals surface area contributed by atoms with Crippen molar-refractivity contribution in [2.75, 3.05) is 6.54 Å². The van der Waals surface area contributed by atoms with Crippen molar-refractivity contribution in [1.29, 1.82) is 0 Å². The monoisotopic (exact) mass is 351 g/mol. The second kappa shape index (κ2) is 7.96. The van der Waals surface area contributed by atoms with Gasteiger partial charge in [0.25, 0.3) is 0 Å². The molecule has 2 rings (SSSR count). The van der Waals surface area contributed by atoms with Crippen molar-refractivity contribution in [1.82, 2.24) is 5.32 Å². The summed E-state index contributed by atoms with van der Waals surface area (Å²) < 4.78 is 1.26. The highest BCUT2D eigenvalue weighted by atomic mass is 79.9. The summed E-state index contributed by atoms with van der Waals surface area (Å²) in [6, 6.07) is 13.6. The van der Waals surface area contributed by atoms with E-state index in [0.717, 1.165) is 13.0 Å². The SMILES string of the molecule is CCNC(CCCc1ccccc1)c1cc(C)c(Br)s1. The Morgan fingerprint density at radius 3 is 2.60 bits per heavy atom. The molecule has 0 aliphatic heterocycles. The minimum absolute atomic E-state index is 0.485. The molecule has 1 unspecified atom stereocenters. The van der Waals surface area contributed by atoms with Gasteiger partial charge in [-0.1, -0.05) is 37.3 Å². The minimum atomic E-state index is 0.485. The topological polar surface area (TPSA) is 12.0 Å². The molecule has 0 spiro atoms. The van der Waals surface area contributed by atoms with Crippen LogP contribution in [-0.2, 0) is 6.42 Å². The molecular formula is C17H22BrNS. The van der Waals surface area contributed by atoms with Gasteiger partial charge in [-0.25, -0.2) is 0 Å². The zero-order chi connectivity index (χ0) is 14.4. The Kier molecular flexibility index (Phi) is 6.27. The van der Waals surface area contributed by atoms with E-state index >= 15 is 0 Å². The highest BCUT2D eigenvalue weighted by molar-refractivity contribution is 9.11. The van der Waals surface area contributed by atoms with E-state index in [0.29, 0.717) is 6.04 Å². The number of halogens is 1. The van der Waals surface area contributed by atoms with Crippen LogP contribution in [0.1, 0.15) is 41.8 Å². The third-order valence-electron chi connectivity index (χ3n) is 3.47. The number of benzene rings is 1. The summed E-state index contributed by atoms with van der Waals surface area (Å²) in [6.45, 7) is 5.36. The van der Waals surface area contributed by atoms with Gasteiger partial charge < -0.3 is 5.32 Å². The predicted octanol–water partition coefficient (Wildman–Crippen LogP) is 5.49. The molecule has 0 amide bonds. The van der Waals surface area contributed by atoms with Crippen LogP contribution in [0.25, 0.3) is 0 Å². The van der Waals surface area contributed by atoms with Crippen LogP contribution in [-0.4, -0.2) is 6.54 Å². The van der Waals surface area contributed by atoms with Gasteiger partial charge in [0.15, 0.2) is 0 Å². The molecule has 20 heavy (non-hydrogen) atoms. The van der Waals surface area contributed by atoms with Gasteiger partial charge in [0.05, 0.1) is 3.79 Å². The third kappa shape index (κ3) is 4.44. The van der Waals surface area contributed by atoms with Crippen LogP contribution in [0, 0.1) is 6.92 Å². The third-order valence-corrected chi connectivity index (χ3v) is 5.72. The van der Waals surface area contributed by atoms with Crippen molar-refractivity contribution >= 4 is 27.3 Å². The molecule has 0 bridgehead atoms. The average molecular weight is 352 g/mol. The van der Waals surface area contributed by atoms with E-state index in [9.17, 15) is 0 Å². The maximum Gasteiger partial charge on any atom is 0.0731 e. The number of nitrogens with one attached hydrogen (secondary N) is 1. The van der Waals surface area contributed by atoms with Crippen molar-refractivity contribution in [3.05, 3.63) is 56.2 Å².